The van der Waals surface area contributed by atoms with Crippen molar-refractivity contribution in [2.24, 2.45) is 11.7 Å². The molecule has 2 aromatic carbocycles. The highest BCUT2D eigenvalue weighted by Crippen LogP contribution is 2.51. The number of hydrogen-bond donors (Lipinski definition) is 1. The predicted molar refractivity (Wildman–Crippen MR) is 106 cm³/mol. The molecule has 3 unspecified atom stereocenters. The van der Waals surface area contributed by atoms with Crippen molar-refractivity contribution in [2.75, 3.05) is 13.1 Å². The van der Waals surface area contributed by atoms with Gasteiger partial charge in [0.05, 0.1) is 0 Å². The molecule has 0 aromatic heterocycles. The van der Waals surface area contributed by atoms with Crippen molar-refractivity contribution in [1.29, 1.82) is 0 Å². The van der Waals surface area contributed by atoms with Crippen LogP contribution in [0.1, 0.15) is 42.7 Å². The molecule has 1 saturated carbocycles. The van der Waals surface area contributed by atoms with Gasteiger partial charge in [-0.15, -0.1) is 0 Å². The van der Waals surface area contributed by atoms with E-state index in [1.165, 1.54) is 22.3 Å². The number of aryl methyl sites for hydroxylation is 1. The van der Waals surface area contributed by atoms with Gasteiger partial charge in [-0.05, 0) is 55.2 Å². The summed E-state index contributed by atoms with van der Waals surface area (Å²) in [6.07, 6.45) is 3.98. The van der Waals surface area contributed by atoms with Gasteiger partial charge in [0.25, 0.3) is 0 Å². The molecular formula is C23H28N2O. The van der Waals surface area contributed by atoms with E-state index in [9.17, 15) is 4.79 Å². The molecule has 0 radical (unpaired) electrons. The Balaban J connectivity index is 1.53. The zero-order valence-electron chi connectivity index (χ0n) is 15.5. The molecule has 1 aliphatic heterocycles. The van der Waals surface area contributed by atoms with E-state index in [0.717, 1.165) is 38.8 Å². The van der Waals surface area contributed by atoms with Crippen LogP contribution in [0.15, 0.2) is 48.5 Å². The monoisotopic (exact) mass is 348 g/mol. The first kappa shape index (κ1) is 17.3. The number of rotatable bonds is 3. The number of amides is 1. The smallest absolute Gasteiger partial charge is 0.226 e. The van der Waals surface area contributed by atoms with Crippen molar-refractivity contribution in [1.82, 2.24) is 4.90 Å². The summed E-state index contributed by atoms with van der Waals surface area (Å²) in [5.74, 6) is 0.842. The summed E-state index contributed by atoms with van der Waals surface area (Å²) in [5.41, 5.74) is 11.2. The second-order valence-electron chi connectivity index (χ2n) is 7.92. The summed E-state index contributed by atoms with van der Waals surface area (Å²) in [7, 11) is 0. The molecule has 3 heteroatoms. The molecule has 2 N–H and O–H groups in total. The number of carbonyl (C=O) groups is 1. The van der Waals surface area contributed by atoms with E-state index in [2.05, 4.69) is 60.4 Å². The summed E-state index contributed by atoms with van der Waals surface area (Å²) < 4.78 is 0. The van der Waals surface area contributed by atoms with Crippen LogP contribution in [0.25, 0.3) is 11.1 Å². The molecule has 26 heavy (non-hydrogen) atoms. The lowest BCUT2D eigenvalue weighted by molar-refractivity contribution is -0.132. The van der Waals surface area contributed by atoms with Crippen LogP contribution in [-0.4, -0.2) is 29.9 Å². The van der Waals surface area contributed by atoms with Gasteiger partial charge in [0.1, 0.15) is 0 Å². The molecule has 2 aromatic rings. The molecule has 1 heterocycles. The molecule has 3 atom stereocenters. The van der Waals surface area contributed by atoms with Crippen LogP contribution in [-0.2, 0) is 4.79 Å². The number of benzene rings is 2. The molecule has 1 aliphatic carbocycles. The molecule has 2 fully saturated rings. The van der Waals surface area contributed by atoms with Crippen LogP contribution in [0.4, 0.5) is 0 Å². The summed E-state index contributed by atoms with van der Waals surface area (Å²) >= 11 is 0. The first-order valence-electron chi connectivity index (χ1n) is 9.84. The van der Waals surface area contributed by atoms with Crippen molar-refractivity contribution < 1.29 is 4.79 Å². The van der Waals surface area contributed by atoms with Crippen LogP contribution >= 0.6 is 0 Å². The predicted octanol–water partition coefficient (Wildman–Crippen LogP) is 4.11. The topological polar surface area (TPSA) is 46.3 Å². The van der Waals surface area contributed by atoms with Crippen molar-refractivity contribution in [2.45, 2.75) is 44.6 Å². The minimum Gasteiger partial charge on any atom is -0.342 e. The quantitative estimate of drug-likeness (QED) is 0.907. The molecule has 3 nitrogen and oxygen atoms in total. The second kappa shape index (κ2) is 7.24. The summed E-state index contributed by atoms with van der Waals surface area (Å²) in [6, 6.07) is 17.5. The highest BCUT2D eigenvalue weighted by Gasteiger charge is 2.46. The second-order valence-corrected chi connectivity index (χ2v) is 7.92. The fourth-order valence-electron chi connectivity index (χ4n) is 4.28. The lowest BCUT2D eigenvalue weighted by Crippen LogP contribution is -2.34. The largest absolute Gasteiger partial charge is 0.342 e. The van der Waals surface area contributed by atoms with Gasteiger partial charge in [0.2, 0.25) is 5.91 Å². The highest BCUT2D eigenvalue weighted by molar-refractivity contribution is 5.84. The molecule has 0 bridgehead atoms. The van der Waals surface area contributed by atoms with E-state index < -0.39 is 0 Å². The fourth-order valence-corrected chi connectivity index (χ4v) is 4.28. The molecule has 1 amide bonds. The Bertz CT molecular complexity index is 800. The zero-order chi connectivity index (χ0) is 18.1. The van der Waals surface area contributed by atoms with E-state index in [1.54, 1.807) is 0 Å². The third kappa shape index (κ3) is 3.54. The number of hydrogen-bond acceptors (Lipinski definition) is 2. The summed E-state index contributed by atoms with van der Waals surface area (Å²) in [6.45, 7) is 3.82. The maximum absolute atomic E-state index is 13.0. The summed E-state index contributed by atoms with van der Waals surface area (Å²) in [5, 5.41) is 0. The molecule has 4 rings (SSSR count). The average Bonchev–Trinajstić information content (AvgIpc) is 3.46. The van der Waals surface area contributed by atoms with E-state index in [0.29, 0.717) is 11.8 Å². The molecular weight excluding hydrogens is 320 g/mol. The Morgan fingerprint density at radius 1 is 1.08 bits per heavy atom. The Morgan fingerprint density at radius 2 is 1.92 bits per heavy atom. The van der Waals surface area contributed by atoms with Crippen molar-refractivity contribution >= 4 is 5.91 Å². The number of nitrogens with zero attached hydrogens (tertiary/aromatic N) is 1. The van der Waals surface area contributed by atoms with Crippen LogP contribution in [0.3, 0.4) is 0 Å². The standard InChI is InChI=1S/C23H28N2O/c1-16-6-4-7-17(14-16)19-9-2-3-10-20(19)21-15-22(21)23(26)25-12-5-8-18(24)11-13-25/h2-4,6-7,9-10,14,18,21-22H,5,8,11-13,15,24H2,1H3. The van der Waals surface area contributed by atoms with Crippen LogP contribution < -0.4 is 5.73 Å². The fraction of sp³-hybridized carbons (Fsp3) is 0.435. The minimum absolute atomic E-state index is 0.148. The van der Waals surface area contributed by atoms with Crippen molar-refractivity contribution in [3.8, 4) is 11.1 Å². The molecule has 2 aliphatic rings. The molecule has 0 spiro atoms. The van der Waals surface area contributed by atoms with Gasteiger partial charge in [-0.25, -0.2) is 0 Å². The normalized spacial score (nSPS) is 25.6. The zero-order valence-corrected chi connectivity index (χ0v) is 15.5. The first-order valence-corrected chi connectivity index (χ1v) is 9.84. The Hall–Kier alpha value is -2.13. The lowest BCUT2D eigenvalue weighted by atomic mass is 9.95. The van der Waals surface area contributed by atoms with E-state index in [1.807, 2.05) is 0 Å². The Morgan fingerprint density at radius 3 is 2.77 bits per heavy atom. The van der Waals surface area contributed by atoms with Gasteiger partial charge in [0, 0.05) is 25.0 Å². The number of nitrogens with two attached hydrogens (primary N) is 1. The average molecular weight is 348 g/mol. The minimum atomic E-state index is 0.148. The molecule has 136 valence electrons. The van der Waals surface area contributed by atoms with Crippen LogP contribution in [0.2, 0.25) is 0 Å². The number of carbonyl (C=O) groups excluding carboxylic acids is 1. The van der Waals surface area contributed by atoms with Crippen molar-refractivity contribution in [3.63, 3.8) is 0 Å². The third-order valence-corrected chi connectivity index (χ3v) is 5.88. The highest BCUT2D eigenvalue weighted by atomic mass is 16.2. The van der Waals surface area contributed by atoms with Crippen LogP contribution in [0.5, 0.6) is 0 Å². The van der Waals surface area contributed by atoms with Gasteiger partial charge in [-0.3, -0.25) is 4.79 Å². The third-order valence-electron chi connectivity index (χ3n) is 5.88. The first-order chi connectivity index (χ1) is 12.6. The van der Waals surface area contributed by atoms with E-state index in [-0.39, 0.29) is 12.0 Å². The van der Waals surface area contributed by atoms with Gasteiger partial charge in [-0.1, -0.05) is 54.1 Å². The Labute approximate surface area is 156 Å². The maximum Gasteiger partial charge on any atom is 0.226 e. The van der Waals surface area contributed by atoms with Crippen LogP contribution in [0, 0.1) is 12.8 Å². The van der Waals surface area contributed by atoms with E-state index >= 15 is 0 Å². The SMILES string of the molecule is Cc1cccc(-c2ccccc2C2CC2C(=O)N2CCCC(N)CC2)c1. The lowest BCUT2D eigenvalue weighted by Gasteiger charge is -2.21. The van der Waals surface area contributed by atoms with Gasteiger partial charge >= 0.3 is 0 Å². The van der Waals surface area contributed by atoms with E-state index in [4.69, 9.17) is 5.73 Å². The number of likely N-dealkylation sites (tertiary alicyclic amines) is 1. The summed E-state index contributed by atoms with van der Waals surface area (Å²) in [4.78, 5) is 15.1. The molecule has 1 saturated heterocycles. The maximum atomic E-state index is 13.0. The van der Waals surface area contributed by atoms with Gasteiger partial charge in [0.15, 0.2) is 0 Å². The Kier molecular flexibility index (Phi) is 4.82. The van der Waals surface area contributed by atoms with Gasteiger partial charge < -0.3 is 10.6 Å². The van der Waals surface area contributed by atoms with Crippen molar-refractivity contribution in [3.05, 3.63) is 59.7 Å². The van der Waals surface area contributed by atoms with Gasteiger partial charge in [-0.2, -0.15) is 0 Å².